The van der Waals surface area contributed by atoms with E-state index < -0.39 is 0 Å². The van der Waals surface area contributed by atoms with Gasteiger partial charge in [0.1, 0.15) is 4.32 Å². The molecule has 60 valence electrons. The fourth-order valence-corrected chi connectivity index (χ4v) is 3.39. The van der Waals surface area contributed by atoms with Gasteiger partial charge >= 0.3 is 0 Å². The van der Waals surface area contributed by atoms with Crippen molar-refractivity contribution in [3.05, 3.63) is 0 Å². The van der Waals surface area contributed by atoms with E-state index in [0.717, 1.165) is 0 Å². The Morgan fingerprint density at radius 2 is 2.27 bits per heavy atom. The van der Waals surface area contributed by atoms with Crippen LogP contribution in [0.15, 0.2) is 0 Å². The van der Waals surface area contributed by atoms with Gasteiger partial charge in [0.25, 0.3) is 0 Å². The van der Waals surface area contributed by atoms with Crippen LogP contribution in [0.3, 0.4) is 0 Å². The lowest BCUT2D eigenvalue weighted by atomic mass is 10.1. The zero-order chi connectivity index (χ0) is 8.22. The fraction of sp³-hybridized carbons (Fsp3) is 0.714. The van der Waals surface area contributed by atoms with E-state index in [1.807, 2.05) is 0 Å². The van der Waals surface area contributed by atoms with E-state index in [1.165, 1.54) is 0 Å². The monoisotopic (exact) mass is 187 g/mol. The molecule has 2 atom stereocenters. The highest BCUT2D eigenvalue weighted by Gasteiger charge is 2.64. The van der Waals surface area contributed by atoms with Gasteiger partial charge in [0, 0.05) is 5.25 Å². The number of amides is 1. The van der Waals surface area contributed by atoms with Crippen LogP contribution < -0.4 is 5.32 Å². The molecule has 2 fully saturated rings. The number of hydrogen-bond acceptors (Lipinski definition) is 3. The zero-order valence-electron chi connectivity index (χ0n) is 6.38. The molecule has 1 N–H and O–H groups in total. The number of thioether (sulfide) groups is 1. The molecule has 11 heavy (non-hydrogen) atoms. The van der Waals surface area contributed by atoms with E-state index in [0.29, 0.717) is 9.57 Å². The molecular formula is C7H9NOS2. The smallest absolute Gasteiger partial charge is 0.230 e. The molecule has 0 bridgehead atoms. The highest BCUT2D eigenvalue weighted by Crippen LogP contribution is 2.60. The summed E-state index contributed by atoms with van der Waals surface area (Å²) in [5.74, 6) is 0.308. The van der Waals surface area contributed by atoms with E-state index in [1.54, 1.807) is 11.8 Å². The Kier molecular flexibility index (Phi) is 1.36. The van der Waals surface area contributed by atoms with Gasteiger partial charge in [0.2, 0.25) is 5.91 Å². The van der Waals surface area contributed by atoms with Crippen molar-refractivity contribution in [2.24, 2.45) is 11.3 Å². The van der Waals surface area contributed by atoms with Gasteiger partial charge in [0.05, 0.1) is 5.92 Å². The summed E-state index contributed by atoms with van der Waals surface area (Å²) in [7, 11) is 0. The maximum absolute atomic E-state index is 11.2. The maximum atomic E-state index is 11.2. The molecule has 0 aromatic heterocycles. The second-order valence-electron chi connectivity index (χ2n) is 3.61. The van der Waals surface area contributed by atoms with Gasteiger partial charge in [-0.3, -0.25) is 4.79 Å². The first-order chi connectivity index (χ1) is 5.03. The molecule has 1 amide bonds. The molecule has 0 aromatic rings. The molecule has 4 heteroatoms. The SMILES string of the molecule is CC1(C)C2SC(=S)NC(=O)[C@H]21. The normalized spacial score (nSPS) is 39.5. The molecule has 1 heterocycles. The topological polar surface area (TPSA) is 29.1 Å². The Bertz CT molecular complexity index is 249. The Balaban J connectivity index is 2.23. The quantitative estimate of drug-likeness (QED) is 0.577. The maximum Gasteiger partial charge on any atom is 0.230 e. The summed E-state index contributed by atoms with van der Waals surface area (Å²) in [5, 5.41) is 3.12. The summed E-state index contributed by atoms with van der Waals surface area (Å²) in [5.41, 5.74) is 0.162. The summed E-state index contributed by atoms with van der Waals surface area (Å²) in [4.78, 5) is 11.2. The van der Waals surface area contributed by atoms with Crippen molar-refractivity contribution in [2.45, 2.75) is 19.1 Å². The Morgan fingerprint density at radius 3 is 2.82 bits per heavy atom. The van der Waals surface area contributed by atoms with Gasteiger partial charge in [-0.1, -0.05) is 37.8 Å². The summed E-state index contributed by atoms with van der Waals surface area (Å²) < 4.78 is 0.641. The average Bonchev–Trinajstić information content (AvgIpc) is 2.34. The van der Waals surface area contributed by atoms with E-state index >= 15 is 0 Å². The Labute approximate surface area is 75.1 Å². The molecule has 2 rings (SSSR count). The molecule has 0 radical (unpaired) electrons. The average molecular weight is 187 g/mol. The van der Waals surface area contributed by atoms with Crippen LogP contribution in [0.4, 0.5) is 0 Å². The molecule has 1 unspecified atom stereocenters. The van der Waals surface area contributed by atoms with Gasteiger partial charge in [-0.15, -0.1) is 0 Å². The second-order valence-corrected chi connectivity index (χ2v) is 5.43. The molecule has 0 spiro atoms. The van der Waals surface area contributed by atoms with Gasteiger partial charge < -0.3 is 5.32 Å². The summed E-state index contributed by atoms with van der Waals surface area (Å²) in [6, 6.07) is 0. The lowest BCUT2D eigenvalue weighted by Crippen LogP contribution is -2.33. The van der Waals surface area contributed by atoms with E-state index in [-0.39, 0.29) is 17.2 Å². The molecule has 1 aliphatic heterocycles. The summed E-state index contributed by atoms with van der Waals surface area (Å²) in [6.07, 6.45) is 0. The van der Waals surface area contributed by atoms with Crippen LogP contribution >= 0.6 is 24.0 Å². The lowest BCUT2D eigenvalue weighted by molar-refractivity contribution is -0.121. The van der Waals surface area contributed by atoms with Crippen molar-refractivity contribution >= 4 is 34.2 Å². The molecule has 2 aliphatic rings. The minimum absolute atomic E-state index is 0.115. The first-order valence-corrected chi connectivity index (χ1v) is 4.84. The molecule has 0 aromatic carbocycles. The molecule has 1 saturated carbocycles. The van der Waals surface area contributed by atoms with Gasteiger partial charge in [0.15, 0.2) is 0 Å². The zero-order valence-corrected chi connectivity index (χ0v) is 8.01. The second kappa shape index (κ2) is 1.98. The molecular weight excluding hydrogens is 178 g/mol. The molecule has 1 saturated heterocycles. The minimum Gasteiger partial charge on any atom is -0.311 e. The number of carbonyl (C=O) groups excluding carboxylic acids is 1. The fourth-order valence-electron chi connectivity index (χ4n) is 1.61. The van der Waals surface area contributed by atoms with E-state index in [2.05, 4.69) is 19.2 Å². The van der Waals surface area contributed by atoms with Crippen molar-refractivity contribution in [1.82, 2.24) is 5.32 Å². The standard InChI is InChI=1S/C7H9NOS2/c1-7(2)3-4(7)11-6(10)8-5(3)9/h3-4H,1-2H3,(H,8,9,10)/t3-,4?/m0/s1. The number of rotatable bonds is 0. The lowest BCUT2D eigenvalue weighted by Gasteiger charge is -2.09. The van der Waals surface area contributed by atoms with Crippen LogP contribution in [0.1, 0.15) is 13.8 Å². The summed E-state index contributed by atoms with van der Waals surface area (Å²) in [6.45, 7) is 4.23. The Hall–Kier alpha value is -0.0900. The number of nitrogens with one attached hydrogen (secondary N) is 1. The van der Waals surface area contributed by atoms with Crippen molar-refractivity contribution in [3.63, 3.8) is 0 Å². The van der Waals surface area contributed by atoms with Crippen LogP contribution in [-0.4, -0.2) is 15.5 Å². The van der Waals surface area contributed by atoms with Gasteiger partial charge in [-0.25, -0.2) is 0 Å². The third-order valence-electron chi connectivity index (χ3n) is 2.47. The van der Waals surface area contributed by atoms with Crippen molar-refractivity contribution in [2.75, 3.05) is 0 Å². The highest BCUT2D eigenvalue weighted by molar-refractivity contribution is 8.23. The van der Waals surface area contributed by atoms with Crippen molar-refractivity contribution in [3.8, 4) is 0 Å². The number of thiocarbonyl (C=S) groups is 1. The largest absolute Gasteiger partial charge is 0.311 e. The van der Waals surface area contributed by atoms with Crippen LogP contribution in [0.25, 0.3) is 0 Å². The van der Waals surface area contributed by atoms with Gasteiger partial charge in [-0.2, -0.15) is 0 Å². The van der Waals surface area contributed by atoms with Crippen LogP contribution in [0.5, 0.6) is 0 Å². The number of fused-ring (bicyclic) bond motifs is 1. The minimum atomic E-state index is 0.115. The van der Waals surface area contributed by atoms with Crippen molar-refractivity contribution in [1.29, 1.82) is 0 Å². The van der Waals surface area contributed by atoms with Gasteiger partial charge in [-0.05, 0) is 5.41 Å². The van der Waals surface area contributed by atoms with Crippen LogP contribution in [-0.2, 0) is 4.79 Å². The first kappa shape index (κ1) is 7.55. The molecule has 1 aliphatic carbocycles. The van der Waals surface area contributed by atoms with E-state index in [4.69, 9.17) is 12.2 Å². The van der Waals surface area contributed by atoms with Crippen molar-refractivity contribution < 1.29 is 4.79 Å². The predicted octanol–water partition coefficient (Wildman–Crippen LogP) is 1.16. The first-order valence-electron chi connectivity index (χ1n) is 3.55. The third-order valence-corrected chi connectivity index (χ3v) is 4.31. The predicted molar refractivity (Wildman–Crippen MR) is 49.4 cm³/mol. The van der Waals surface area contributed by atoms with Crippen LogP contribution in [0, 0.1) is 11.3 Å². The molecule has 2 nitrogen and oxygen atoms in total. The third kappa shape index (κ3) is 0.924. The van der Waals surface area contributed by atoms with Crippen LogP contribution in [0.2, 0.25) is 0 Å². The summed E-state index contributed by atoms with van der Waals surface area (Å²) >= 11 is 6.55. The highest BCUT2D eigenvalue weighted by atomic mass is 32.2. The number of carbonyl (C=O) groups is 1. The van der Waals surface area contributed by atoms with E-state index in [9.17, 15) is 4.79 Å². The number of hydrogen-bond donors (Lipinski definition) is 1. The Morgan fingerprint density at radius 1 is 1.64 bits per heavy atom.